The average molecular weight is 194 g/mol. The first-order chi connectivity index (χ1) is 6.26. The molecule has 0 aromatic carbocycles. The summed E-state index contributed by atoms with van der Waals surface area (Å²) in [7, 11) is 0. The van der Waals surface area contributed by atoms with Crippen molar-refractivity contribution in [2.75, 3.05) is 12.9 Å². The Labute approximate surface area is 81.9 Å². The Bertz CT molecular complexity index is 333. The monoisotopic (exact) mass is 194 g/mol. The molecule has 0 bridgehead atoms. The van der Waals surface area contributed by atoms with Crippen LogP contribution < -0.4 is 4.74 Å². The SMILES string of the molecule is C#CCOc1cc(C)nc(SC)n1. The standard InChI is InChI=1S/C9H10N2OS/c1-4-5-12-8-6-7(2)10-9(11-8)13-3/h1,6H,5H2,2-3H3. The Morgan fingerprint density at radius 1 is 1.62 bits per heavy atom. The third-order valence-corrected chi connectivity index (χ3v) is 1.84. The Morgan fingerprint density at radius 3 is 3.00 bits per heavy atom. The fourth-order valence-corrected chi connectivity index (χ4v) is 1.21. The first-order valence-corrected chi connectivity index (χ1v) is 4.94. The summed E-state index contributed by atoms with van der Waals surface area (Å²) in [4.78, 5) is 8.30. The van der Waals surface area contributed by atoms with Crippen LogP contribution in [0.4, 0.5) is 0 Å². The molecule has 1 rings (SSSR count). The van der Waals surface area contributed by atoms with Gasteiger partial charge in [-0.3, -0.25) is 0 Å². The second-order valence-corrected chi connectivity index (χ2v) is 3.10. The lowest BCUT2D eigenvalue weighted by Gasteiger charge is -2.03. The van der Waals surface area contributed by atoms with Gasteiger partial charge in [0.2, 0.25) is 5.88 Å². The van der Waals surface area contributed by atoms with Crippen LogP contribution in [-0.2, 0) is 0 Å². The van der Waals surface area contributed by atoms with Gasteiger partial charge in [-0.05, 0) is 13.2 Å². The molecule has 0 N–H and O–H groups in total. The number of ether oxygens (including phenoxy) is 1. The highest BCUT2D eigenvalue weighted by molar-refractivity contribution is 7.98. The molecule has 1 aromatic heterocycles. The molecule has 4 heteroatoms. The number of nitrogens with zero attached hydrogens (tertiary/aromatic N) is 2. The van der Waals surface area contributed by atoms with Gasteiger partial charge in [0.1, 0.15) is 0 Å². The maximum Gasteiger partial charge on any atom is 0.218 e. The summed E-state index contributed by atoms with van der Waals surface area (Å²) in [5.74, 6) is 2.92. The molecule has 0 aliphatic carbocycles. The van der Waals surface area contributed by atoms with Crippen LogP contribution in [0.3, 0.4) is 0 Å². The minimum absolute atomic E-state index is 0.240. The molecule has 0 fully saturated rings. The highest BCUT2D eigenvalue weighted by Crippen LogP contribution is 2.14. The van der Waals surface area contributed by atoms with Gasteiger partial charge >= 0.3 is 0 Å². The van der Waals surface area contributed by atoms with Gasteiger partial charge in [-0.25, -0.2) is 4.98 Å². The fourth-order valence-electron chi connectivity index (χ4n) is 0.794. The number of hydrogen-bond acceptors (Lipinski definition) is 4. The summed E-state index contributed by atoms with van der Waals surface area (Å²) in [5, 5.41) is 0.701. The second-order valence-electron chi connectivity index (χ2n) is 2.33. The predicted octanol–water partition coefficient (Wildman–Crippen LogP) is 1.52. The third-order valence-electron chi connectivity index (χ3n) is 1.30. The molecule has 0 amide bonds. The molecule has 0 atom stereocenters. The van der Waals surface area contributed by atoms with Crippen molar-refractivity contribution in [2.45, 2.75) is 12.1 Å². The number of hydrogen-bond donors (Lipinski definition) is 0. The maximum absolute atomic E-state index is 5.18. The fraction of sp³-hybridized carbons (Fsp3) is 0.333. The lowest BCUT2D eigenvalue weighted by molar-refractivity contribution is 0.350. The topological polar surface area (TPSA) is 35.0 Å². The number of rotatable bonds is 3. The van der Waals surface area contributed by atoms with Crippen LogP contribution in [0.2, 0.25) is 0 Å². The Balaban J connectivity index is 2.83. The summed E-state index contributed by atoms with van der Waals surface area (Å²) < 4.78 is 5.18. The van der Waals surface area contributed by atoms with Crippen LogP contribution in [0.15, 0.2) is 11.2 Å². The van der Waals surface area contributed by atoms with Gasteiger partial charge in [-0.15, -0.1) is 6.42 Å². The summed E-state index contributed by atoms with van der Waals surface area (Å²) in [5.41, 5.74) is 0.881. The minimum atomic E-state index is 0.240. The first kappa shape index (κ1) is 9.87. The maximum atomic E-state index is 5.18. The second kappa shape index (κ2) is 4.73. The summed E-state index contributed by atoms with van der Waals surface area (Å²) in [6.45, 7) is 2.13. The number of thioether (sulfide) groups is 1. The summed E-state index contributed by atoms with van der Waals surface area (Å²) in [6, 6.07) is 1.76. The van der Waals surface area contributed by atoms with Gasteiger partial charge in [-0.2, -0.15) is 4.98 Å². The highest BCUT2D eigenvalue weighted by atomic mass is 32.2. The van der Waals surface area contributed by atoms with E-state index in [-0.39, 0.29) is 6.61 Å². The lowest BCUT2D eigenvalue weighted by Crippen LogP contribution is -1.99. The van der Waals surface area contributed by atoms with Crippen LogP contribution in [-0.4, -0.2) is 22.8 Å². The van der Waals surface area contributed by atoms with Gasteiger partial charge in [0, 0.05) is 11.8 Å². The molecule has 0 spiro atoms. The van der Waals surface area contributed by atoms with E-state index in [9.17, 15) is 0 Å². The zero-order valence-electron chi connectivity index (χ0n) is 7.57. The molecular weight excluding hydrogens is 184 g/mol. The van der Waals surface area contributed by atoms with Crippen molar-refractivity contribution in [2.24, 2.45) is 0 Å². The Kier molecular flexibility index (Phi) is 3.59. The number of aromatic nitrogens is 2. The predicted molar refractivity (Wildman–Crippen MR) is 52.9 cm³/mol. The quantitative estimate of drug-likeness (QED) is 0.415. The zero-order chi connectivity index (χ0) is 9.68. The molecule has 0 unspecified atom stereocenters. The van der Waals surface area contributed by atoms with Crippen molar-refractivity contribution in [3.8, 4) is 18.2 Å². The van der Waals surface area contributed by atoms with Crippen LogP contribution in [0.5, 0.6) is 5.88 Å². The van der Waals surface area contributed by atoms with Gasteiger partial charge < -0.3 is 4.74 Å². The average Bonchev–Trinajstić information content (AvgIpc) is 2.14. The highest BCUT2D eigenvalue weighted by Gasteiger charge is 2.00. The Morgan fingerprint density at radius 2 is 2.38 bits per heavy atom. The van der Waals surface area contributed by atoms with Crippen LogP contribution in [0, 0.1) is 19.3 Å². The summed E-state index contributed by atoms with van der Waals surface area (Å²) in [6.07, 6.45) is 6.98. The zero-order valence-corrected chi connectivity index (χ0v) is 8.39. The van der Waals surface area contributed by atoms with E-state index in [0.29, 0.717) is 11.0 Å². The molecule has 1 aromatic rings. The van der Waals surface area contributed by atoms with Crippen LogP contribution in [0.1, 0.15) is 5.69 Å². The molecule has 68 valence electrons. The summed E-state index contributed by atoms with van der Waals surface area (Å²) >= 11 is 1.48. The number of aryl methyl sites for hydroxylation is 1. The van der Waals surface area contributed by atoms with Crippen molar-refractivity contribution in [1.82, 2.24) is 9.97 Å². The molecule has 3 nitrogen and oxygen atoms in total. The van der Waals surface area contributed by atoms with Crippen molar-refractivity contribution in [3.63, 3.8) is 0 Å². The van der Waals surface area contributed by atoms with E-state index >= 15 is 0 Å². The van der Waals surface area contributed by atoms with E-state index in [1.165, 1.54) is 11.8 Å². The Hall–Kier alpha value is -1.21. The molecule has 0 aliphatic rings. The third kappa shape index (κ3) is 2.96. The van der Waals surface area contributed by atoms with Crippen molar-refractivity contribution in [1.29, 1.82) is 0 Å². The van der Waals surface area contributed by atoms with E-state index in [0.717, 1.165) is 5.69 Å². The van der Waals surface area contributed by atoms with Gasteiger partial charge in [-0.1, -0.05) is 17.7 Å². The van der Waals surface area contributed by atoms with E-state index in [1.807, 2.05) is 13.2 Å². The largest absolute Gasteiger partial charge is 0.464 e. The van der Waals surface area contributed by atoms with Crippen molar-refractivity contribution < 1.29 is 4.74 Å². The van der Waals surface area contributed by atoms with E-state index in [2.05, 4.69) is 15.9 Å². The van der Waals surface area contributed by atoms with Gasteiger partial charge in [0.05, 0.1) is 0 Å². The first-order valence-electron chi connectivity index (χ1n) is 3.72. The molecule has 0 aliphatic heterocycles. The van der Waals surface area contributed by atoms with Crippen LogP contribution >= 0.6 is 11.8 Å². The lowest BCUT2D eigenvalue weighted by atomic mass is 10.4. The molecule has 0 saturated carbocycles. The molecule has 0 saturated heterocycles. The van der Waals surface area contributed by atoms with Gasteiger partial charge in [0.25, 0.3) is 0 Å². The normalized spacial score (nSPS) is 9.31. The molecular formula is C9H10N2OS. The van der Waals surface area contributed by atoms with Crippen molar-refractivity contribution >= 4 is 11.8 Å². The van der Waals surface area contributed by atoms with Crippen molar-refractivity contribution in [3.05, 3.63) is 11.8 Å². The smallest absolute Gasteiger partial charge is 0.218 e. The van der Waals surface area contributed by atoms with E-state index in [1.54, 1.807) is 6.07 Å². The minimum Gasteiger partial charge on any atom is -0.464 e. The molecule has 0 radical (unpaired) electrons. The molecule has 1 heterocycles. The number of terminal acetylenes is 1. The van der Waals surface area contributed by atoms with Gasteiger partial charge in [0.15, 0.2) is 11.8 Å². The van der Waals surface area contributed by atoms with Crippen LogP contribution in [0.25, 0.3) is 0 Å². The van der Waals surface area contributed by atoms with E-state index < -0.39 is 0 Å². The molecule has 13 heavy (non-hydrogen) atoms. The van der Waals surface area contributed by atoms with E-state index in [4.69, 9.17) is 11.2 Å².